The average Bonchev–Trinajstić information content (AvgIpc) is 2.51. The lowest BCUT2D eigenvalue weighted by Gasteiger charge is -2.11. The Balaban J connectivity index is 0.00000176. The molecule has 0 saturated heterocycles. The number of aromatic carboxylic acids is 1. The molecule has 0 spiro atoms. The van der Waals surface area contributed by atoms with Crippen LogP contribution in [-0.4, -0.2) is 11.1 Å². The van der Waals surface area contributed by atoms with Crippen molar-refractivity contribution >= 4 is 29.1 Å². The molecule has 3 aromatic carbocycles. The number of carbonyl (C=O) groups is 1. The third kappa shape index (κ3) is 2.97. The van der Waals surface area contributed by atoms with Gasteiger partial charge in [-0.1, -0.05) is 54.6 Å². The van der Waals surface area contributed by atoms with Gasteiger partial charge in [0.25, 0.3) is 0 Å². The van der Waals surface area contributed by atoms with Gasteiger partial charge in [0.1, 0.15) is 0 Å². The largest absolute Gasteiger partial charge is 0.478 e. The van der Waals surface area contributed by atoms with Gasteiger partial charge in [-0.3, -0.25) is 0 Å². The highest BCUT2D eigenvalue weighted by Crippen LogP contribution is 2.25. The zero-order valence-corrected chi connectivity index (χ0v) is 13.1. The lowest BCUT2D eigenvalue weighted by Crippen LogP contribution is -2.03. The Morgan fingerprint density at radius 2 is 1.50 bits per heavy atom. The van der Waals surface area contributed by atoms with Gasteiger partial charge in [0.05, 0.1) is 5.56 Å². The quantitative estimate of drug-likeness (QED) is 0.750. The number of halogens is 1. The predicted octanol–water partition coefficient (Wildman–Crippen LogP) is 4.86. The third-order valence-electron chi connectivity index (χ3n) is 3.86. The van der Waals surface area contributed by atoms with E-state index in [4.69, 9.17) is 0 Å². The van der Waals surface area contributed by atoms with Gasteiger partial charge in [-0.05, 0) is 46.9 Å². The maximum atomic E-state index is 11.3. The summed E-state index contributed by atoms with van der Waals surface area (Å²) in [5.41, 5.74) is 3.62. The predicted molar refractivity (Wildman–Crippen MR) is 92.1 cm³/mol. The second-order valence-electron chi connectivity index (χ2n) is 5.23. The first-order chi connectivity index (χ1) is 10.2. The van der Waals surface area contributed by atoms with E-state index in [9.17, 15) is 9.90 Å². The van der Waals surface area contributed by atoms with Crippen molar-refractivity contribution in [3.8, 4) is 0 Å². The van der Waals surface area contributed by atoms with Crippen LogP contribution >= 0.6 is 12.4 Å². The van der Waals surface area contributed by atoms with Crippen molar-refractivity contribution in [2.75, 3.05) is 0 Å². The fourth-order valence-electron chi connectivity index (χ4n) is 2.75. The summed E-state index contributed by atoms with van der Waals surface area (Å²) in [5.74, 6) is -0.873. The number of carboxylic acid groups (broad SMARTS) is 1. The molecule has 0 atom stereocenters. The fourth-order valence-corrected chi connectivity index (χ4v) is 2.75. The summed E-state index contributed by atoms with van der Waals surface area (Å²) in [6.07, 6.45) is 0.628. The summed E-state index contributed by atoms with van der Waals surface area (Å²) in [4.78, 5) is 11.3. The maximum absolute atomic E-state index is 11.3. The van der Waals surface area contributed by atoms with Crippen LogP contribution in [0.1, 0.15) is 27.0 Å². The molecule has 0 fully saturated rings. The van der Waals surface area contributed by atoms with Gasteiger partial charge in [-0.25, -0.2) is 4.79 Å². The van der Waals surface area contributed by atoms with E-state index in [0.717, 1.165) is 11.1 Å². The van der Waals surface area contributed by atoms with Crippen LogP contribution in [0.2, 0.25) is 0 Å². The Bertz CT molecular complexity index is 825. The Morgan fingerprint density at radius 1 is 0.864 bits per heavy atom. The smallest absolute Gasteiger partial charge is 0.335 e. The second-order valence-corrected chi connectivity index (χ2v) is 5.23. The average molecular weight is 313 g/mol. The highest BCUT2D eigenvalue weighted by molar-refractivity contribution is 5.91. The molecule has 0 heterocycles. The molecule has 0 saturated carbocycles. The maximum Gasteiger partial charge on any atom is 0.335 e. The molecule has 0 aliphatic carbocycles. The molecule has 22 heavy (non-hydrogen) atoms. The van der Waals surface area contributed by atoms with Crippen LogP contribution in [0.15, 0.2) is 60.7 Å². The first-order valence-corrected chi connectivity index (χ1v) is 6.95. The summed E-state index contributed by atoms with van der Waals surface area (Å²) in [6, 6.07) is 19.7. The second kappa shape index (κ2) is 6.63. The standard InChI is InChI=1S/C19H16O2.ClH/c1-13-10-11-15(17-8-5-4-7-16(13)17)12-14-6-2-3-9-18(14)19(20)21;/h2-11H,12H2,1H3,(H,20,21);1H. The van der Waals surface area contributed by atoms with Crippen molar-refractivity contribution in [2.45, 2.75) is 13.3 Å². The topological polar surface area (TPSA) is 37.3 Å². The first kappa shape index (κ1) is 16.1. The monoisotopic (exact) mass is 312 g/mol. The van der Waals surface area contributed by atoms with E-state index < -0.39 is 5.97 Å². The lowest BCUT2D eigenvalue weighted by atomic mass is 9.94. The van der Waals surface area contributed by atoms with E-state index in [1.807, 2.05) is 24.3 Å². The molecule has 0 aromatic heterocycles. The summed E-state index contributed by atoms with van der Waals surface area (Å²) < 4.78 is 0. The normalized spacial score (nSPS) is 10.2. The molecule has 3 heteroatoms. The summed E-state index contributed by atoms with van der Waals surface area (Å²) in [6.45, 7) is 2.09. The lowest BCUT2D eigenvalue weighted by molar-refractivity contribution is 0.0696. The van der Waals surface area contributed by atoms with Crippen LogP contribution in [0.3, 0.4) is 0 Å². The minimum Gasteiger partial charge on any atom is -0.478 e. The van der Waals surface area contributed by atoms with Crippen LogP contribution in [-0.2, 0) is 6.42 Å². The number of benzene rings is 3. The number of hydrogen-bond donors (Lipinski definition) is 1. The zero-order valence-electron chi connectivity index (χ0n) is 12.2. The minimum atomic E-state index is -0.873. The Kier molecular flexibility index (Phi) is 4.84. The van der Waals surface area contributed by atoms with Crippen molar-refractivity contribution < 1.29 is 9.90 Å². The molecule has 0 radical (unpaired) electrons. The first-order valence-electron chi connectivity index (χ1n) is 6.95. The van der Waals surface area contributed by atoms with Crippen molar-refractivity contribution in [3.63, 3.8) is 0 Å². The van der Waals surface area contributed by atoms with Crippen molar-refractivity contribution in [1.82, 2.24) is 0 Å². The van der Waals surface area contributed by atoms with E-state index in [2.05, 4.69) is 31.2 Å². The molecule has 0 aliphatic heterocycles. The Labute approximate surface area is 135 Å². The highest BCUT2D eigenvalue weighted by Gasteiger charge is 2.11. The number of hydrogen-bond acceptors (Lipinski definition) is 1. The third-order valence-corrected chi connectivity index (χ3v) is 3.86. The van der Waals surface area contributed by atoms with E-state index in [-0.39, 0.29) is 12.4 Å². The van der Waals surface area contributed by atoms with Crippen molar-refractivity contribution in [1.29, 1.82) is 0 Å². The summed E-state index contributed by atoms with van der Waals surface area (Å²) >= 11 is 0. The van der Waals surface area contributed by atoms with Crippen LogP contribution < -0.4 is 0 Å². The molecule has 1 N–H and O–H groups in total. The van der Waals surface area contributed by atoms with Gasteiger partial charge in [0, 0.05) is 0 Å². The van der Waals surface area contributed by atoms with Gasteiger partial charge in [-0.2, -0.15) is 0 Å². The zero-order chi connectivity index (χ0) is 14.8. The van der Waals surface area contributed by atoms with E-state index in [1.54, 1.807) is 12.1 Å². The van der Waals surface area contributed by atoms with Crippen LogP contribution in [0.25, 0.3) is 10.8 Å². The van der Waals surface area contributed by atoms with Gasteiger partial charge in [0.15, 0.2) is 0 Å². The van der Waals surface area contributed by atoms with Gasteiger partial charge in [-0.15, -0.1) is 12.4 Å². The molecule has 0 amide bonds. The molecule has 112 valence electrons. The minimum absolute atomic E-state index is 0. The Hall–Kier alpha value is -2.32. The molecule has 0 unspecified atom stereocenters. The number of rotatable bonds is 3. The van der Waals surface area contributed by atoms with Gasteiger partial charge < -0.3 is 5.11 Å². The van der Waals surface area contributed by atoms with Crippen LogP contribution in [0.5, 0.6) is 0 Å². The fraction of sp³-hybridized carbons (Fsp3) is 0.105. The Morgan fingerprint density at radius 3 is 2.23 bits per heavy atom. The van der Waals surface area contributed by atoms with Gasteiger partial charge >= 0.3 is 5.97 Å². The number of aryl methyl sites for hydroxylation is 1. The number of fused-ring (bicyclic) bond motifs is 1. The highest BCUT2D eigenvalue weighted by atomic mass is 35.5. The molecular formula is C19H17ClO2. The van der Waals surface area contributed by atoms with E-state index in [1.165, 1.54) is 16.3 Å². The molecular weight excluding hydrogens is 296 g/mol. The molecule has 3 rings (SSSR count). The molecule has 0 aliphatic rings. The SMILES string of the molecule is Cc1ccc(Cc2ccccc2C(=O)O)c2ccccc12.Cl. The van der Waals surface area contributed by atoms with Crippen LogP contribution in [0.4, 0.5) is 0 Å². The molecule has 0 bridgehead atoms. The summed E-state index contributed by atoms with van der Waals surface area (Å²) in [7, 11) is 0. The molecule has 2 nitrogen and oxygen atoms in total. The van der Waals surface area contributed by atoms with E-state index >= 15 is 0 Å². The van der Waals surface area contributed by atoms with Crippen molar-refractivity contribution in [3.05, 3.63) is 82.9 Å². The van der Waals surface area contributed by atoms with Crippen molar-refractivity contribution in [2.24, 2.45) is 0 Å². The van der Waals surface area contributed by atoms with Gasteiger partial charge in [0.2, 0.25) is 0 Å². The number of carboxylic acids is 1. The molecule has 3 aromatic rings. The van der Waals surface area contributed by atoms with Crippen LogP contribution in [0, 0.1) is 6.92 Å². The summed E-state index contributed by atoms with van der Waals surface area (Å²) in [5, 5.41) is 11.7. The van der Waals surface area contributed by atoms with E-state index in [0.29, 0.717) is 12.0 Å².